The van der Waals surface area contributed by atoms with Crippen molar-refractivity contribution >= 4 is 11.8 Å². The second kappa shape index (κ2) is 6.73. The van der Waals surface area contributed by atoms with Crippen molar-refractivity contribution in [3.63, 3.8) is 0 Å². The van der Waals surface area contributed by atoms with Gasteiger partial charge in [-0.1, -0.05) is 13.0 Å². The third-order valence-electron chi connectivity index (χ3n) is 2.73. The van der Waals surface area contributed by atoms with Crippen molar-refractivity contribution < 1.29 is 8.81 Å². The summed E-state index contributed by atoms with van der Waals surface area (Å²) in [7, 11) is 0. The van der Waals surface area contributed by atoms with Gasteiger partial charge in [0.15, 0.2) is 0 Å². The molecule has 2 aromatic rings. The average molecular weight is 280 g/mol. The molecule has 1 aromatic carbocycles. The van der Waals surface area contributed by atoms with Crippen molar-refractivity contribution in [2.45, 2.75) is 25.1 Å². The van der Waals surface area contributed by atoms with E-state index in [1.807, 2.05) is 0 Å². The summed E-state index contributed by atoms with van der Waals surface area (Å²) in [5, 5.41) is 0. The molecule has 0 saturated carbocycles. The highest BCUT2D eigenvalue weighted by Crippen LogP contribution is 2.21. The molecule has 1 atom stereocenters. The van der Waals surface area contributed by atoms with E-state index in [0.717, 1.165) is 23.6 Å². The molecule has 0 saturated heterocycles. The van der Waals surface area contributed by atoms with Gasteiger partial charge in [0.05, 0.1) is 5.69 Å². The lowest BCUT2D eigenvalue weighted by Crippen LogP contribution is -2.21. The van der Waals surface area contributed by atoms with Crippen LogP contribution in [0.1, 0.15) is 19.0 Å². The minimum absolute atomic E-state index is 0.222. The zero-order valence-electron chi connectivity index (χ0n) is 10.8. The molecule has 0 fully saturated rings. The highest BCUT2D eigenvalue weighted by Gasteiger charge is 2.08. The average Bonchev–Trinajstić information content (AvgIpc) is 2.87. The van der Waals surface area contributed by atoms with E-state index in [1.165, 1.54) is 12.1 Å². The minimum atomic E-state index is -0.291. The van der Waals surface area contributed by atoms with Crippen LogP contribution in [0.15, 0.2) is 34.9 Å². The van der Waals surface area contributed by atoms with Crippen molar-refractivity contribution in [1.29, 1.82) is 0 Å². The largest absolute Gasteiger partial charge is 0.444 e. The number of hydrogen-bond acceptors (Lipinski definition) is 4. The van der Waals surface area contributed by atoms with E-state index >= 15 is 0 Å². The van der Waals surface area contributed by atoms with Crippen molar-refractivity contribution in [2.75, 3.05) is 5.75 Å². The van der Waals surface area contributed by atoms with Crippen LogP contribution in [0, 0.1) is 5.82 Å². The molecule has 102 valence electrons. The Kier molecular flexibility index (Phi) is 4.99. The van der Waals surface area contributed by atoms with E-state index in [2.05, 4.69) is 11.9 Å². The zero-order chi connectivity index (χ0) is 13.7. The van der Waals surface area contributed by atoms with E-state index in [4.69, 9.17) is 10.2 Å². The Morgan fingerprint density at radius 2 is 2.32 bits per heavy atom. The standard InChI is InChI=1S/C14H17FN2OS/c1-2-12(16)8-19-9-13-7-18-14(17-13)10-4-3-5-11(15)6-10/h3-7,12H,2,8-9,16H2,1H3. The van der Waals surface area contributed by atoms with Crippen LogP contribution < -0.4 is 5.73 Å². The molecule has 1 unspecified atom stereocenters. The maximum Gasteiger partial charge on any atom is 0.226 e. The number of benzene rings is 1. The van der Waals surface area contributed by atoms with Gasteiger partial charge in [-0.25, -0.2) is 9.37 Å². The molecule has 19 heavy (non-hydrogen) atoms. The first-order chi connectivity index (χ1) is 9.19. The first kappa shape index (κ1) is 14.1. The Labute approximate surface area is 116 Å². The fraction of sp³-hybridized carbons (Fsp3) is 0.357. The molecule has 3 nitrogen and oxygen atoms in total. The first-order valence-corrected chi connectivity index (χ1v) is 7.38. The molecule has 0 radical (unpaired) electrons. The van der Waals surface area contributed by atoms with Crippen LogP contribution in [0.3, 0.4) is 0 Å². The number of rotatable bonds is 6. The lowest BCUT2D eigenvalue weighted by Gasteiger charge is -2.05. The van der Waals surface area contributed by atoms with E-state index in [0.29, 0.717) is 11.5 Å². The Morgan fingerprint density at radius 3 is 3.05 bits per heavy atom. The predicted molar refractivity (Wildman–Crippen MR) is 76.3 cm³/mol. The fourth-order valence-corrected chi connectivity index (χ4v) is 2.56. The SMILES string of the molecule is CCC(N)CSCc1coc(-c2cccc(F)c2)n1. The van der Waals surface area contributed by atoms with Crippen LogP contribution in [-0.4, -0.2) is 16.8 Å². The normalized spacial score (nSPS) is 12.6. The molecule has 1 heterocycles. The second-order valence-corrected chi connectivity index (χ2v) is 5.37. The summed E-state index contributed by atoms with van der Waals surface area (Å²) in [5.74, 6) is 1.82. The van der Waals surface area contributed by atoms with Crippen molar-refractivity contribution in [1.82, 2.24) is 4.98 Å². The molecular weight excluding hydrogens is 263 g/mol. The van der Waals surface area contributed by atoms with E-state index in [-0.39, 0.29) is 11.9 Å². The number of oxazole rings is 1. The summed E-state index contributed by atoms with van der Waals surface area (Å²) in [4.78, 5) is 4.35. The molecule has 0 bridgehead atoms. The van der Waals surface area contributed by atoms with Crippen LogP contribution in [0.2, 0.25) is 0 Å². The quantitative estimate of drug-likeness (QED) is 0.880. The summed E-state index contributed by atoms with van der Waals surface area (Å²) in [6, 6.07) is 6.45. The third-order valence-corrected chi connectivity index (χ3v) is 3.89. The van der Waals surface area contributed by atoms with Crippen molar-refractivity contribution in [2.24, 2.45) is 5.73 Å². The molecular formula is C14H17FN2OS. The number of nitrogens with zero attached hydrogens (tertiary/aromatic N) is 1. The zero-order valence-corrected chi connectivity index (χ0v) is 11.6. The molecule has 1 aromatic heterocycles. The smallest absolute Gasteiger partial charge is 0.226 e. The van der Waals surface area contributed by atoms with Gasteiger partial charge in [0.1, 0.15) is 12.1 Å². The van der Waals surface area contributed by atoms with Crippen molar-refractivity contribution in [3.8, 4) is 11.5 Å². The monoisotopic (exact) mass is 280 g/mol. The van der Waals surface area contributed by atoms with Gasteiger partial charge in [-0.2, -0.15) is 11.8 Å². The molecule has 5 heteroatoms. The Bertz CT molecular complexity index is 530. The van der Waals surface area contributed by atoms with Crippen LogP contribution in [0.4, 0.5) is 4.39 Å². The molecule has 0 spiro atoms. The highest BCUT2D eigenvalue weighted by molar-refractivity contribution is 7.98. The van der Waals surface area contributed by atoms with E-state index in [1.54, 1.807) is 30.2 Å². The summed E-state index contributed by atoms with van der Waals surface area (Å²) < 4.78 is 18.5. The summed E-state index contributed by atoms with van der Waals surface area (Å²) in [6.45, 7) is 2.07. The van der Waals surface area contributed by atoms with Crippen LogP contribution in [-0.2, 0) is 5.75 Å². The highest BCUT2D eigenvalue weighted by atomic mass is 32.2. The Morgan fingerprint density at radius 1 is 1.47 bits per heavy atom. The van der Waals surface area contributed by atoms with Gasteiger partial charge < -0.3 is 10.2 Å². The summed E-state index contributed by atoms with van der Waals surface area (Å²) >= 11 is 1.73. The topological polar surface area (TPSA) is 52.0 Å². The van der Waals surface area contributed by atoms with Crippen molar-refractivity contribution in [3.05, 3.63) is 42.0 Å². The van der Waals surface area contributed by atoms with Gasteiger partial charge >= 0.3 is 0 Å². The van der Waals surface area contributed by atoms with Gasteiger partial charge in [-0.05, 0) is 24.6 Å². The molecule has 0 aliphatic carbocycles. The lowest BCUT2D eigenvalue weighted by atomic mass is 10.2. The van der Waals surface area contributed by atoms with E-state index in [9.17, 15) is 4.39 Å². The first-order valence-electron chi connectivity index (χ1n) is 6.22. The van der Waals surface area contributed by atoms with E-state index < -0.39 is 0 Å². The number of halogens is 1. The predicted octanol–water partition coefficient (Wildman–Crippen LogP) is 3.45. The number of nitrogens with two attached hydrogens (primary N) is 1. The molecule has 0 aliphatic heterocycles. The molecule has 0 amide bonds. The van der Waals surface area contributed by atoms with Crippen LogP contribution in [0.25, 0.3) is 11.5 Å². The van der Waals surface area contributed by atoms with Gasteiger partial charge in [-0.3, -0.25) is 0 Å². The molecule has 2 rings (SSSR count). The third kappa shape index (κ3) is 4.08. The van der Waals surface area contributed by atoms with Crippen LogP contribution >= 0.6 is 11.8 Å². The lowest BCUT2D eigenvalue weighted by molar-refractivity contribution is 0.571. The fourth-order valence-electron chi connectivity index (χ4n) is 1.56. The molecule has 2 N–H and O–H groups in total. The summed E-state index contributed by atoms with van der Waals surface area (Å²) in [6.07, 6.45) is 2.59. The second-order valence-electron chi connectivity index (χ2n) is 4.34. The number of thioether (sulfide) groups is 1. The molecule has 0 aliphatic rings. The Hall–Kier alpha value is -1.33. The van der Waals surface area contributed by atoms with Gasteiger partial charge in [0, 0.05) is 23.1 Å². The van der Waals surface area contributed by atoms with Gasteiger partial charge in [0.25, 0.3) is 0 Å². The Balaban J connectivity index is 1.95. The van der Waals surface area contributed by atoms with Gasteiger partial charge in [0.2, 0.25) is 5.89 Å². The maximum atomic E-state index is 13.1. The number of hydrogen-bond donors (Lipinski definition) is 1. The van der Waals surface area contributed by atoms with Gasteiger partial charge in [-0.15, -0.1) is 0 Å². The van der Waals surface area contributed by atoms with Crippen LogP contribution in [0.5, 0.6) is 0 Å². The summed E-state index contributed by atoms with van der Waals surface area (Å²) in [5.41, 5.74) is 7.35. The maximum absolute atomic E-state index is 13.1. The number of aromatic nitrogens is 1. The minimum Gasteiger partial charge on any atom is -0.444 e.